The van der Waals surface area contributed by atoms with Gasteiger partial charge in [0, 0.05) is 25.3 Å². The molecule has 0 aromatic carbocycles. The van der Waals surface area contributed by atoms with Crippen molar-refractivity contribution < 1.29 is 4.39 Å². The molecule has 0 aliphatic carbocycles. The van der Waals surface area contributed by atoms with Gasteiger partial charge in [-0.2, -0.15) is 0 Å². The van der Waals surface area contributed by atoms with Crippen LogP contribution < -0.4 is 11.3 Å². The van der Waals surface area contributed by atoms with Gasteiger partial charge >= 0.3 is 0 Å². The largest absolute Gasteiger partial charge is 0.394 e. The Bertz CT molecular complexity index is 430. The number of hydrogen-bond donors (Lipinski definition) is 1. The van der Waals surface area contributed by atoms with Crippen LogP contribution in [0.4, 0.5) is 10.1 Å². The van der Waals surface area contributed by atoms with Gasteiger partial charge in [-0.05, 0) is 31.5 Å². The second-order valence-electron chi connectivity index (χ2n) is 4.46. The highest BCUT2D eigenvalue weighted by molar-refractivity contribution is 5.33. The third kappa shape index (κ3) is 2.66. The second-order valence-corrected chi connectivity index (χ2v) is 4.46. The quantitative estimate of drug-likeness (QED) is 0.857. The zero-order valence-corrected chi connectivity index (χ0v) is 9.81. The third-order valence-electron chi connectivity index (χ3n) is 3.28. The van der Waals surface area contributed by atoms with E-state index in [1.54, 1.807) is 22.9 Å². The van der Waals surface area contributed by atoms with E-state index in [0.29, 0.717) is 6.54 Å². The average molecular weight is 239 g/mol. The minimum atomic E-state index is -0.335. The topological polar surface area (TPSA) is 51.3 Å². The van der Waals surface area contributed by atoms with Crippen molar-refractivity contribution in [3.8, 4) is 0 Å². The number of nitrogen functional groups attached to an aromatic ring is 1. The Kier molecular flexibility index (Phi) is 3.78. The van der Waals surface area contributed by atoms with Crippen LogP contribution >= 0.6 is 0 Å². The van der Waals surface area contributed by atoms with Crippen molar-refractivity contribution in [2.45, 2.75) is 18.9 Å². The summed E-state index contributed by atoms with van der Waals surface area (Å²) >= 11 is 0. The number of aromatic nitrogens is 1. The first-order valence-electron chi connectivity index (χ1n) is 5.97. The van der Waals surface area contributed by atoms with E-state index in [-0.39, 0.29) is 24.0 Å². The number of likely N-dealkylation sites (tertiary alicyclic amines) is 1. The molecule has 1 aliphatic rings. The number of rotatable bonds is 3. The minimum absolute atomic E-state index is 0.117. The van der Waals surface area contributed by atoms with E-state index in [0.717, 1.165) is 25.9 Å². The molecule has 1 fully saturated rings. The molecule has 0 spiro atoms. The Balaban J connectivity index is 2.16. The maximum atomic E-state index is 12.3. The standard InChI is InChI=1S/C12H18FN3O/c13-5-8-15-6-1-3-10(9-15)16-7-2-4-11(14)12(16)17/h2,4,7,10H,1,3,5-6,8-9,14H2. The summed E-state index contributed by atoms with van der Waals surface area (Å²) in [4.78, 5) is 13.9. The first kappa shape index (κ1) is 12.1. The summed E-state index contributed by atoms with van der Waals surface area (Å²) in [6, 6.07) is 3.51. The lowest BCUT2D eigenvalue weighted by atomic mass is 10.1. The van der Waals surface area contributed by atoms with Crippen LogP contribution in [0.25, 0.3) is 0 Å². The average Bonchev–Trinajstić information content (AvgIpc) is 2.33. The van der Waals surface area contributed by atoms with Gasteiger partial charge in [0.1, 0.15) is 6.67 Å². The van der Waals surface area contributed by atoms with Gasteiger partial charge in [-0.15, -0.1) is 0 Å². The van der Waals surface area contributed by atoms with Crippen molar-refractivity contribution in [3.63, 3.8) is 0 Å². The molecule has 17 heavy (non-hydrogen) atoms. The number of nitrogens with two attached hydrogens (primary N) is 1. The second kappa shape index (κ2) is 5.31. The molecule has 5 heteroatoms. The lowest BCUT2D eigenvalue weighted by Gasteiger charge is -2.33. The molecule has 0 bridgehead atoms. The van der Waals surface area contributed by atoms with Crippen LogP contribution in [0.1, 0.15) is 18.9 Å². The molecule has 2 N–H and O–H groups in total. The number of pyridine rings is 1. The van der Waals surface area contributed by atoms with Crippen molar-refractivity contribution in [1.82, 2.24) is 9.47 Å². The fourth-order valence-electron chi connectivity index (χ4n) is 2.40. The molecule has 1 aromatic heterocycles. The molecule has 1 atom stereocenters. The smallest absolute Gasteiger partial charge is 0.273 e. The van der Waals surface area contributed by atoms with Crippen molar-refractivity contribution in [2.24, 2.45) is 0 Å². The third-order valence-corrected chi connectivity index (χ3v) is 3.28. The zero-order chi connectivity index (χ0) is 12.3. The van der Waals surface area contributed by atoms with Gasteiger partial charge in [0.2, 0.25) is 0 Å². The predicted octanol–water partition coefficient (Wildman–Crippen LogP) is 1.04. The molecule has 1 unspecified atom stereocenters. The van der Waals surface area contributed by atoms with Crippen LogP contribution in [0.15, 0.2) is 23.1 Å². The Labute approximate surface area is 99.8 Å². The Morgan fingerprint density at radius 1 is 1.53 bits per heavy atom. The van der Waals surface area contributed by atoms with E-state index < -0.39 is 0 Å². The highest BCUT2D eigenvalue weighted by Gasteiger charge is 2.21. The van der Waals surface area contributed by atoms with E-state index in [2.05, 4.69) is 4.90 Å². The number of hydrogen-bond acceptors (Lipinski definition) is 3. The van der Waals surface area contributed by atoms with Crippen molar-refractivity contribution in [3.05, 3.63) is 28.7 Å². The van der Waals surface area contributed by atoms with Gasteiger partial charge in [0.15, 0.2) is 0 Å². The molecular formula is C12H18FN3O. The summed E-state index contributed by atoms with van der Waals surface area (Å²) < 4.78 is 14.0. The number of halogens is 1. The molecular weight excluding hydrogens is 221 g/mol. The van der Waals surface area contributed by atoms with Gasteiger partial charge in [0.25, 0.3) is 5.56 Å². The Morgan fingerprint density at radius 3 is 3.12 bits per heavy atom. The minimum Gasteiger partial charge on any atom is -0.394 e. The molecule has 0 amide bonds. The molecule has 1 aromatic rings. The molecule has 0 radical (unpaired) electrons. The maximum absolute atomic E-state index is 12.3. The maximum Gasteiger partial charge on any atom is 0.273 e. The van der Waals surface area contributed by atoms with Gasteiger partial charge in [0.05, 0.1) is 5.69 Å². The van der Waals surface area contributed by atoms with Crippen LogP contribution in [0.3, 0.4) is 0 Å². The van der Waals surface area contributed by atoms with Gasteiger partial charge in [-0.3, -0.25) is 9.69 Å². The lowest BCUT2D eigenvalue weighted by Crippen LogP contribution is -2.40. The van der Waals surface area contributed by atoms with Crippen LogP contribution in [0.5, 0.6) is 0 Å². The molecule has 4 nitrogen and oxygen atoms in total. The Morgan fingerprint density at radius 2 is 2.35 bits per heavy atom. The summed E-state index contributed by atoms with van der Waals surface area (Å²) in [6.45, 7) is 1.76. The van der Waals surface area contributed by atoms with Gasteiger partial charge in [-0.1, -0.05) is 0 Å². The van der Waals surface area contributed by atoms with E-state index in [9.17, 15) is 9.18 Å². The number of nitrogens with zero attached hydrogens (tertiary/aromatic N) is 2. The fraction of sp³-hybridized carbons (Fsp3) is 0.583. The number of piperidine rings is 1. The fourth-order valence-corrected chi connectivity index (χ4v) is 2.40. The summed E-state index contributed by atoms with van der Waals surface area (Å²) in [7, 11) is 0. The normalized spacial score (nSPS) is 21.6. The molecule has 94 valence electrons. The van der Waals surface area contributed by atoms with Gasteiger partial charge in [-0.25, -0.2) is 4.39 Å². The van der Waals surface area contributed by atoms with E-state index in [4.69, 9.17) is 5.73 Å². The first-order chi connectivity index (χ1) is 8.22. The summed E-state index contributed by atoms with van der Waals surface area (Å²) in [5.74, 6) is 0. The van der Waals surface area contributed by atoms with E-state index in [1.807, 2.05) is 0 Å². The van der Waals surface area contributed by atoms with Gasteiger partial charge < -0.3 is 10.3 Å². The van der Waals surface area contributed by atoms with E-state index >= 15 is 0 Å². The lowest BCUT2D eigenvalue weighted by molar-refractivity contribution is 0.164. The molecule has 1 aliphatic heterocycles. The Hall–Kier alpha value is -1.36. The highest BCUT2D eigenvalue weighted by Crippen LogP contribution is 2.20. The summed E-state index contributed by atoms with van der Waals surface area (Å²) in [6.07, 6.45) is 3.71. The predicted molar refractivity (Wildman–Crippen MR) is 65.8 cm³/mol. The monoisotopic (exact) mass is 239 g/mol. The number of alkyl halides is 1. The summed E-state index contributed by atoms with van der Waals surface area (Å²) in [5, 5.41) is 0. The van der Waals surface area contributed by atoms with E-state index in [1.165, 1.54) is 0 Å². The molecule has 1 saturated heterocycles. The molecule has 2 rings (SSSR count). The van der Waals surface area contributed by atoms with Crippen molar-refractivity contribution in [2.75, 3.05) is 32.0 Å². The van der Waals surface area contributed by atoms with Crippen LogP contribution in [0, 0.1) is 0 Å². The zero-order valence-electron chi connectivity index (χ0n) is 9.81. The van der Waals surface area contributed by atoms with Crippen LogP contribution in [-0.4, -0.2) is 35.8 Å². The first-order valence-corrected chi connectivity index (χ1v) is 5.97. The van der Waals surface area contributed by atoms with Crippen molar-refractivity contribution in [1.29, 1.82) is 0 Å². The van der Waals surface area contributed by atoms with Crippen molar-refractivity contribution >= 4 is 5.69 Å². The molecule has 2 heterocycles. The SMILES string of the molecule is Nc1cccn(C2CCCN(CCF)C2)c1=O. The van der Waals surface area contributed by atoms with Crippen LogP contribution in [-0.2, 0) is 0 Å². The van der Waals surface area contributed by atoms with Crippen LogP contribution in [0.2, 0.25) is 0 Å². The highest BCUT2D eigenvalue weighted by atomic mass is 19.1. The number of anilines is 1. The molecule has 0 saturated carbocycles. The summed E-state index contributed by atoms with van der Waals surface area (Å²) in [5.41, 5.74) is 5.75.